The first kappa shape index (κ1) is 14.5. The summed E-state index contributed by atoms with van der Waals surface area (Å²) >= 11 is 4.88. The van der Waals surface area contributed by atoms with Gasteiger partial charge in [-0.15, -0.1) is 0 Å². The summed E-state index contributed by atoms with van der Waals surface area (Å²) in [5.41, 5.74) is 0. The van der Waals surface area contributed by atoms with Gasteiger partial charge >= 0.3 is 6.18 Å². The molecule has 15 heavy (non-hydrogen) atoms. The lowest BCUT2D eigenvalue weighted by molar-refractivity contribution is -0.137. The van der Waals surface area contributed by atoms with Crippen LogP contribution < -0.4 is 5.32 Å². The Balaban J connectivity index is 4.11. The number of hydrogen-bond acceptors (Lipinski definition) is 1. The highest BCUT2D eigenvalue weighted by Crippen LogP contribution is 2.16. The van der Waals surface area contributed by atoms with Gasteiger partial charge in [-0.1, -0.05) is 13.8 Å². The van der Waals surface area contributed by atoms with Gasteiger partial charge in [0.15, 0.2) is 5.11 Å². The molecule has 0 amide bonds. The van der Waals surface area contributed by atoms with Gasteiger partial charge in [0.1, 0.15) is 6.54 Å². The Kier molecular flexibility index (Phi) is 5.93. The van der Waals surface area contributed by atoms with Gasteiger partial charge in [0.05, 0.1) is 0 Å². The van der Waals surface area contributed by atoms with Gasteiger partial charge in [-0.25, -0.2) is 0 Å². The molecular formula is C9H17F3N2S. The van der Waals surface area contributed by atoms with E-state index in [4.69, 9.17) is 12.2 Å². The number of nitrogens with one attached hydrogen (secondary N) is 1. The summed E-state index contributed by atoms with van der Waals surface area (Å²) in [6.45, 7) is 5.43. The summed E-state index contributed by atoms with van der Waals surface area (Å²) in [6.07, 6.45) is -4.21. The number of halogens is 3. The third kappa shape index (κ3) is 7.41. The van der Waals surface area contributed by atoms with Crippen molar-refractivity contribution in [3.8, 4) is 0 Å². The molecule has 0 aliphatic rings. The topological polar surface area (TPSA) is 15.3 Å². The first-order valence-corrected chi connectivity index (χ1v) is 5.26. The molecule has 90 valence electrons. The second kappa shape index (κ2) is 6.15. The van der Waals surface area contributed by atoms with Gasteiger partial charge in [-0.3, -0.25) is 0 Å². The smallest absolute Gasteiger partial charge is 0.362 e. The maximum absolute atomic E-state index is 12.1. The largest absolute Gasteiger partial charge is 0.406 e. The molecule has 0 aromatic rings. The number of alkyl halides is 3. The SMILES string of the molecule is CCN(CC(F)(F)F)C(=S)NCC(C)C. The lowest BCUT2D eigenvalue weighted by Gasteiger charge is -2.25. The molecule has 2 nitrogen and oxygen atoms in total. The Morgan fingerprint density at radius 3 is 2.27 bits per heavy atom. The van der Waals surface area contributed by atoms with E-state index in [1.807, 2.05) is 13.8 Å². The third-order valence-electron chi connectivity index (χ3n) is 1.70. The molecule has 0 heterocycles. The van der Waals surface area contributed by atoms with Crippen molar-refractivity contribution in [1.82, 2.24) is 10.2 Å². The van der Waals surface area contributed by atoms with Gasteiger partial charge < -0.3 is 10.2 Å². The third-order valence-corrected chi connectivity index (χ3v) is 2.10. The van der Waals surface area contributed by atoms with Crippen LogP contribution >= 0.6 is 12.2 Å². The standard InChI is InChI=1S/C9H17F3N2S/c1-4-14(6-9(10,11)12)8(15)13-5-7(2)3/h7H,4-6H2,1-3H3,(H,13,15). The van der Waals surface area contributed by atoms with Gasteiger partial charge in [-0.05, 0) is 25.1 Å². The van der Waals surface area contributed by atoms with Crippen molar-refractivity contribution in [2.75, 3.05) is 19.6 Å². The number of nitrogens with zero attached hydrogens (tertiary/aromatic N) is 1. The average molecular weight is 242 g/mol. The van der Waals surface area contributed by atoms with Crippen LogP contribution in [-0.2, 0) is 0 Å². The van der Waals surface area contributed by atoms with Crippen molar-refractivity contribution in [3.63, 3.8) is 0 Å². The van der Waals surface area contributed by atoms with Gasteiger partial charge in [-0.2, -0.15) is 13.2 Å². The van der Waals surface area contributed by atoms with Crippen molar-refractivity contribution in [2.45, 2.75) is 26.9 Å². The molecule has 6 heteroatoms. The van der Waals surface area contributed by atoms with E-state index in [-0.39, 0.29) is 11.7 Å². The fraction of sp³-hybridized carbons (Fsp3) is 0.889. The molecular weight excluding hydrogens is 225 g/mol. The molecule has 1 N–H and O–H groups in total. The highest BCUT2D eigenvalue weighted by Gasteiger charge is 2.31. The lowest BCUT2D eigenvalue weighted by Crippen LogP contribution is -2.45. The van der Waals surface area contributed by atoms with Crippen LogP contribution in [0.1, 0.15) is 20.8 Å². The van der Waals surface area contributed by atoms with Crippen LogP contribution in [0.2, 0.25) is 0 Å². The summed E-state index contributed by atoms with van der Waals surface area (Å²) in [4.78, 5) is 1.11. The molecule has 0 aliphatic carbocycles. The zero-order chi connectivity index (χ0) is 12.1. The molecule has 0 unspecified atom stereocenters. The normalized spacial score (nSPS) is 11.7. The summed E-state index contributed by atoms with van der Waals surface area (Å²) in [7, 11) is 0. The second-order valence-electron chi connectivity index (χ2n) is 3.71. The Morgan fingerprint density at radius 1 is 1.40 bits per heavy atom. The number of thiocarbonyl (C=S) groups is 1. The van der Waals surface area contributed by atoms with Crippen molar-refractivity contribution >= 4 is 17.3 Å². The maximum atomic E-state index is 12.1. The molecule has 0 rings (SSSR count). The van der Waals surface area contributed by atoms with E-state index in [2.05, 4.69) is 5.32 Å². The van der Waals surface area contributed by atoms with E-state index in [0.717, 1.165) is 4.90 Å². The zero-order valence-electron chi connectivity index (χ0n) is 9.19. The van der Waals surface area contributed by atoms with Gasteiger partial charge in [0.2, 0.25) is 0 Å². The van der Waals surface area contributed by atoms with E-state index in [0.29, 0.717) is 12.5 Å². The summed E-state index contributed by atoms with van der Waals surface area (Å²) in [6, 6.07) is 0. The molecule has 0 radical (unpaired) electrons. The van der Waals surface area contributed by atoms with Crippen LogP contribution in [0.5, 0.6) is 0 Å². The van der Waals surface area contributed by atoms with Crippen LogP contribution in [0.3, 0.4) is 0 Å². The molecule has 0 fully saturated rings. The highest BCUT2D eigenvalue weighted by molar-refractivity contribution is 7.80. The van der Waals surface area contributed by atoms with Crippen LogP contribution in [0.4, 0.5) is 13.2 Å². The van der Waals surface area contributed by atoms with Crippen LogP contribution in [0.25, 0.3) is 0 Å². The molecule has 0 aliphatic heterocycles. The Bertz CT molecular complexity index is 204. The van der Waals surface area contributed by atoms with Gasteiger partial charge in [0, 0.05) is 13.1 Å². The molecule has 0 aromatic carbocycles. The highest BCUT2D eigenvalue weighted by atomic mass is 32.1. The predicted molar refractivity (Wildman–Crippen MR) is 58.7 cm³/mol. The van der Waals surface area contributed by atoms with Gasteiger partial charge in [0.25, 0.3) is 0 Å². The van der Waals surface area contributed by atoms with E-state index >= 15 is 0 Å². The van der Waals surface area contributed by atoms with Crippen molar-refractivity contribution in [2.24, 2.45) is 5.92 Å². The predicted octanol–water partition coefficient (Wildman–Crippen LogP) is 2.40. The minimum atomic E-state index is -4.21. The molecule has 0 spiro atoms. The summed E-state index contributed by atoms with van der Waals surface area (Å²) in [5.74, 6) is 0.354. The minimum Gasteiger partial charge on any atom is -0.362 e. The molecule has 0 saturated heterocycles. The molecule has 0 saturated carbocycles. The van der Waals surface area contributed by atoms with E-state index in [9.17, 15) is 13.2 Å². The summed E-state index contributed by atoms with van der Waals surface area (Å²) < 4.78 is 36.4. The Morgan fingerprint density at radius 2 is 1.93 bits per heavy atom. The lowest BCUT2D eigenvalue weighted by atomic mass is 10.2. The first-order chi connectivity index (χ1) is 6.76. The molecule has 0 atom stereocenters. The quantitative estimate of drug-likeness (QED) is 0.762. The fourth-order valence-electron chi connectivity index (χ4n) is 0.947. The van der Waals surface area contributed by atoms with Crippen LogP contribution in [-0.4, -0.2) is 35.8 Å². The first-order valence-electron chi connectivity index (χ1n) is 4.85. The number of rotatable bonds is 4. The van der Waals surface area contributed by atoms with Crippen molar-refractivity contribution < 1.29 is 13.2 Å². The zero-order valence-corrected chi connectivity index (χ0v) is 10.0. The Hall–Kier alpha value is -0.520. The molecule has 0 bridgehead atoms. The minimum absolute atomic E-state index is 0.170. The maximum Gasteiger partial charge on any atom is 0.406 e. The van der Waals surface area contributed by atoms with Crippen molar-refractivity contribution in [1.29, 1.82) is 0 Å². The monoisotopic (exact) mass is 242 g/mol. The van der Waals surface area contributed by atoms with E-state index in [1.165, 1.54) is 0 Å². The molecule has 0 aromatic heterocycles. The average Bonchev–Trinajstić information content (AvgIpc) is 2.08. The summed E-state index contributed by atoms with van der Waals surface area (Å²) in [5, 5.41) is 2.98. The Labute approximate surface area is 93.8 Å². The van der Waals surface area contributed by atoms with Crippen molar-refractivity contribution in [3.05, 3.63) is 0 Å². The van der Waals surface area contributed by atoms with Crippen LogP contribution in [0.15, 0.2) is 0 Å². The van der Waals surface area contributed by atoms with E-state index in [1.54, 1.807) is 6.92 Å². The van der Waals surface area contributed by atoms with Crippen LogP contribution in [0, 0.1) is 5.92 Å². The van der Waals surface area contributed by atoms with E-state index < -0.39 is 12.7 Å². The number of hydrogen-bond donors (Lipinski definition) is 1. The second-order valence-corrected chi connectivity index (χ2v) is 4.10. The fourth-order valence-corrected chi connectivity index (χ4v) is 1.22.